The van der Waals surface area contributed by atoms with E-state index < -0.39 is 0 Å². The molecule has 0 saturated heterocycles. The molecule has 0 saturated carbocycles. The Bertz CT molecular complexity index is 1130. The lowest BCUT2D eigenvalue weighted by atomic mass is 9.89. The molecule has 0 radical (unpaired) electrons. The molecule has 0 fully saturated rings. The van der Waals surface area contributed by atoms with Crippen LogP contribution in [0, 0.1) is 5.92 Å². The number of aryl methyl sites for hydroxylation is 1. The summed E-state index contributed by atoms with van der Waals surface area (Å²) in [5.41, 5.74) is 3.23. The normalized spacial score (nSPS) is 15.8. The van der Waals surface area contributed by atoms with Crippen LogP contribution in [0.25, 0.3) is 10.2 Å². The number of thiophene rings is 1. The van der Waals surface area contributed by atoms with Crippen LogP contribution in [0.2, 0.25) is 0 Å². The number of hydrogen-bond acceptors (Lipinski definition) is 5. The monoisotopic (exact) mass is 424 g/mol. The molecule has 30 heavy (non-hydrogen) atoms. The number of rotatable bonds is 5. The Morgan fingerprint density at radius 1 is 1.23 bits per heavy atom. The number of amides is 1. The van der Waals surface area contributed by atoms with E-state index in [-0.39, 0.29) is 18.0 Å². The van der Waals surface area contributed by atoms with Gasteiger partial charge in [-0.3, -0.25) is 14.2 Å². The standard InChI is InChI=1S/C23H28N4O2S/c1-15-5-10-18-19(11-15)30-22-21(18)23(29)27(14-24-22)13-20(28)26(4)12-16-6-8-17(9-7-16)25(2)3/h6-9,14-15H,5,10-13H2,1-4H3/t15-/m1/s1. The summed E-state index contributed by atoms with van der Waals surface area (Å²) < 4.78 is 1.46. The van der Waals surface area contributed by atoms with Gasteiger partial charge in [-0.15, -0.1) is 11.3 Å². The second-order valence-corrected chi connectivity index (χ2v) is 9.60. The van der Waals surface area contributed by atoms with Crippen molar-refractivity contribution >= 4 is 33.1 Å². The quantitative estimate of drug-likeness (QED) is 0.631. The number of anilines is 1. The Labute approximate surface area is 180 Å². The van der Waals surface area contributed by atoms with Gasteiger partial charge in [-0.05, 0) is 48.4 Å². The Kier molecular flexibility index (Phi) is 5.64. The first-order chi connectivity index (χ1) is 14.3. The van der Waals surface area contributed by atoms with Crippen molar-refractivity contribution in [1.82, 2.24) is 14.5 Å². The number of likely N-dealkylation sites (N-methyl/N-ethyl adjacent to an activating group) is 1. The maximum Gasteiger partial charge on any atom is 0.262 e. The Balaban J connectivity index is 1.51. The Hall–Kier alpha value is -2.67. The maximum absolute atomic E-state index is 13.1. The van der Waals surface area contributed by atoms with E-state index in [0.29, 0.717) is 12.5 Å². The first-order valence-electron chi connectivity index (χ1n) is 10.3. The molecule has 1 amide bonds. The summed E-state index contributed by atoms with van der Waals surface area (Å²) in [5, 5.41) is 0.721. The fraction of sp³-hybridized carbons (Fsp3) is 0.435. The van der Waals surface area contributed by atoms with E-state index in [9.17, 15) is 9.59 Å². The number of benzene rings is 1. The Morgan fingerprint density at radius 2 is 1.97 bits per heavy atom. The third kappa shape index (κ3) is 3.99. The zero-order chi connectivity index (χ0) is 21.4. The molecule has 1 aliphatic carbocycles. The van der Waals surface area contributed by atoms with Crippen molar-refractivity contribution in [3.05, 3.63) is 57.0 Å². The number of nitrogens with zero attached hydrogens (tertiary/aromatic N) is 4. The predicted octanol–water partition coefficient (Wildman–Crippen LogP) is 3.31. The average Bonchev–Trinajstić information content (AvgIpc) is 3.08. The second-order valence-electron chi connectivity index (χ2n) is 8.52. The second kappa shape index (κ2) is 8.22. The van der Waals surface area contributed by atoms with Gasteiger partial charge in [-0.2, -0.15) is 0 Å². The van der Waals surface area contributed by atoms with Crippen molar-refractivity contribution in [2.75, 3.05) is 26.0 Å². The van der Waals surface area contributed by atoms with E-state index in [2.05, 4.69) is 11.9 Å². The van der Waals surface area contributed by atoms with Crippen molar-refractivity contribution in [3.63, 3.8) is 0 Å². The van der Waals surface area contributed by atoms with E-state index in [1.54, 1.807) is 23.3 Å². The number of carbonyl (C=O) groups excluding carboxylic acids is 1. The number of fused-ring (bicyclic) bond motifs is 3. The molecule has 1 atom stereocenters. The zero-order valence-corrected chi connectivity index (χ0v) is 18.8. The molecule has 0 aliphatic heterocycles. The topological polar surface area (TPSA) is 58.4 Å². The van der Waals surface area contributed by atoms with E-state index in [0.717, 1.165) is 46.3 Å². The summed E-state index contributed by atoms with van der Waals surface area (Å²) in [4.78, 5) is 36.2. The molecular formula is C23H28N4O2S. The van der Waals surface area contributed by atoms with Gasteiger partial charge < -0.3 is 9.80 Å². The molecule has 1 aromatic carbocycles. The van der Waals surface area contributed by atoms with Crippen LogP contribution in [0.4, 0.5) is 5.69 Å². The summed E-state index contributed by atoms with van der Waals surface area (Å²) in [7, 11) is 5.77. The Morgan fingerprint density at radius 3 is 2.67 bits per heavy atom. The maximum atomic E-state index is 13.1. The molecule has 7 heteroatoms. The van der Waals surface area contributed by atoms with Crippen LogP contribution >= 0.6 is 11.3 Å². The number of hydrogen-bond donors (Lipinski definition) is 0. The minimum atomic E-state index is -0.104. The van der Waals surface area contributed by atoms with Crippen LogP contribution in [-0.2, 0) is 30.7 Å². The lowest BCUT2D eigenvalue weighted by Crippen LogP contribution is -2.33. The summed E-state index contributed by atoms with van der Waals surface area (Å²) in [6, 6.07) is 8.13. The van der Waals surface area contributed by atoms with Gasteiger partial charge in [-0.25, -0.2) is 4.98 Å². The minimum absolute atomic E-state index is 0.00901. The van der Waals surface area contributed by atoms with Gasteiger partial charge >= 0.3 is 0 Å². The summed E-state index contributed by atoms with van der Waals surface area (Å²) in [6.45, 7) is 2.76. The fourth-order valence-corrected chi connectivity index (χ4v) is 5.35. The van der Waals surface area contributed by atoms with Gasteiger partial charge in [-0.1, -0.05) is 19.1 Å². The van der Waals surface area contributed by atoms with Crippen LogP contribution < -0.4 is 10.5 Å². The van der Waals surface area contributed by atoms with Crippen LogP contribution in [0.15, 0.2) is 35.4 Å². The molecule has 0 bridgehead atoms. The zero-order valence-electron chi connectivity index (χ0n) is 18.0. The largest absolute Gasteiger partial charge is 0.378 e. The van der Waals surface area contributed by atoms with Crippen LogP contribution in [0.1, 0.15) is 29.3 Å². The van der Waals surface area contributed by atoms with Gasteiger partial charge in [0.2, 0.25) is 5.91 Å². The first-order valence-corrected chi connectivity index (χ1v) is 11.1. The fourth-order valence-electron chi connectivity index (χ4n) is 4.01. The summed E-state index contributed by atoms with van der Waals surface area (Å²) in [5.74, 6) is 0.544. The van der Waals surface area contributed by atoms with Crippen molar-refractivity contribution in [2.24, 2.45) is 5.92 Å². The summed E-state index contributed by atoms with van der Waals surface area (Å²) >= 11 is 1.63. The third-order valence-corrected chi connectivity index (χ3v) is 7.05. The molecule has 158 valence electrons. The number of carbonyl (C=O) groups is 1. The molecule has 0 unspecified atom stereocenters. The van der Waals surface area contributed by atoms with Crippen LogP contribution in [0.5, 0.6) is 0 Å². The molecule has 6 nitrogen and oxygen atoms in total. The van der Waals surface area contributed by atoms with Crippen LogP contribution in [0.3, 0.4) is 0 Å². The lowest BCUT2D eigenvalue weighted by molar-refractivity contribution is -0.131. The van der Waals surface area contributed by atoms with E-state index in [1.165, 1.54) is 15.8 Å². The highest BCUT2D eigenvalue weighted by atomic mass is 32.1. The van der Waals surface area contributed by atoms with E-state index >= 15 is 0 Å². The predicted molar refractivity (Wildman–Crippen MR) is 122 cm³/mol. The molecule has 1 aliphatic rings. The van der Waals surface area contributed by atoms with Crippen molar-refractivity contribution < 1.29 is 4.79 Å². The molecule has 3 aromatic rings. The molecule has 0 spiro atoms. The van der Waals surface area contributed by atoms with Crippen molar-refractivity contribution in [3.8, 4) is 0 Å². The highest BCUT2D eigenvalue weighted by Gasteiger charge is 2.23. The summed E-state index contributed by atoms with van der Waals surface area (Å²) in [6.07, 6.45) is 4.56. The van der Waals surface area contributed by atoms with Gasteiger partial charge in [0.15, 0.2) is 0 Å². The van der Waals surface area contributed by atoms with Gasteiger partial charge in [0.05, 0.1) is 11.7 Å². The van der Waals surface area contributed by atoms with Gasteiger partial charge in [0, 0.05) is 38.3 Å². The van der Waals surface area contributed by atoms with E-state index in [4.69, 9.17) is 0 Å². The third-order valence-electron chi connectivity index (χ3n) is 5.89. The molecule has 4 rings (SSSR count). The smallest absolute Gasteiger partial charge is 0.262 e. The SMILES string of the molecule is C[C@@H]1CCc2c(sc3ncn(CC(=O)N(C)Cc4ccc(N(C)C)cc4)c(=O)c23)C1. The minimum Gasteiger partial charge on any atom is -0.378 e. The highest BCUT2D eigenvalue weighted by Crippen LogP contribution is 2.35. The van der Waals surface area contributed by atoms with Crippen LogP contribution in [-0.4, -0.2) is 41.5 Å². The molecule has 0 N–H and O–H groups in total. The van der Waals surface area contributed by atoms with E-state index in [1.807, 2.05) is 43.3 Å². The molecular weight excluding hydrogens is 396 g/mol. The lowest BCUT2D eigenvalue weighted by Gasteiger charge is -2.19. The van der Waals surface area contributed by atoms with Gasteiger partial charge in [0.25, 0.3) is 5.56 Å². The average molecular weight is 425 g/mol. The van der Waals surface area contributed by atoms with Crippen molar-refractivity contribution in [1.29, 1.82) is 0 Å². The highest BCUT2D eigenvalue weighted by molar-refractivity contribution is 7.18. The van der Waals surface area contributed by atoms with Crippen molar-refractivity contribution in [2.45, 2.75) is 39.3 Å². The number of aromatic nitrogens is 2. The van der Waals surface area contributed by atoms with Gasteiger partial charge in [0.1, 0.15) is 11.4 Å². The first kappa shape index (κ1) is 20.6. The molecule has 2 aromatic heterocycles. The molecule has 2 heterocycles.